The molecule has 1 aromatic heterocycles. The van der Waals surface area contributed by atoms with Crippen LogP contribution in [0.3, 0.4) is 0 Å². The number of aromatic amines is 1. The summed E-state index contributed by atoms with van der Waals surface area (Å²) in [6.45, 7) is 2.18. The first-order chi connectivity index (χ1) is 9.78. The molecule has 1 unspecified atom stereocenters. The molecule has 0 amide bonds. The van der Waals surface area contributed by atoms with E-state index in [1.165, 1.54) is 24.0 Å². The highest BCUT2D eigenvalue weighted by Gasteiger charge is 2.32. The minimum absolute atomic E-state index is 0.345. The van der Waals surface area contributed by atoms with E-state index in [-0.39, 0.29) is 0 Å². The largest absolute Gasteiger partial charge is 0.496 e. The van der Waals surface area contributed by atoms with E-state index in [0.29, 0.717) is 18.0 Å². The van der Waals surface area contributed by atoms with Gasteiger partial charge in [-0.05, 0) is 37.3 Å². The summed E-state index contributed by atoms with van der Waals surface area (Å²) in [6.07, 6.45) is 6.17. The van der Waals surface area contributed by atoms with Crippen LogP contribution in [-0.4, -0.2) is 23.3 Å². The Morgan fingerprint density at radius 3 is 2.85 bits per heavy atom. The first kappa shape index (κ1) is 13.2. The topological polar surface area (TPSA) is 49.9 Å². The summed E-state index contributed by atoms with van der Waals surface area (Å²) < 4.78 is 5.44. The number of benzene rings is 1. The van der Waals surface area contributed by atoms with Crippen LogP contribution in [0.1, 0.15) is 42.9 Å². The number of hydrogen-bond donors (Lipinski definition) is 2. The Balaban J connectivity index is 1.56. The van der Waals surface area contributed by atoms with E-state index in [1.807, 2.05) is 24.5 Å². The van der Waals surface area contributed by atoms with E-state index in [2.05, 4.69) is 34.6 Å². The van der Waals surface area contributed by atoms with Crippen molar-refractivity contribution in [1.29, 1.82) is 0 Å². The summed E-state index contributed by atoms with van der Waals surface area (Å²) in [5, 5.41) is 10.5. The van der Waals surface area contributed by atoms with Crippen molar-refractivity contribution in [3.8, 4) is 5.75 Å². The summed E-state index contributed by atoms with van der Waals surface area (Å²) in [5.41, 5.74) is 2.55. The third kappa shape index (κ3) is 2.56. The van der Waals surface area contributed by atoms with Crippen molar-refractivity contribution in [3.05, 3.63) is 47.8 Å². The molecule has 1 aliphatic rings. The molecular formula is C16H21N3O. The number of para-hydroxylation sites is 1. The molecule has 2 N–H and O–H groups in total. The number of nitrogens with one attached hydrogen (secondary N) is 2. The fourth-order valence-electron chi connectivity index (χ4n) is 2.96. The molecule has 1 aliphatic carbocycles. The molecule has 1 saturated carbocycles. The van der Waals surface area contributed by atoms with E-state index >= 15 is 0 Å². The number of H-pyrrole nitrogens is 1. The van der Waals surface area contributed by atoms with E-state index < -0.39 is 0 Å². The quantitative estimate of drug-likeness (QED) is 0.879. The number of rotatable bonds is 5. The van der Waals surface area contributed by atoms with E-state index in [4.69, 9.17) is 4.74 Å². The van der Waals surface area contributed by atoms with Crippen LogP contribution in [0.5, 0.6) is 5.75 Å². The van der Waals surface area contributed by atoms with Crippen LogP contribution in [-0.2, 0) is 0 Å². The van der Waals surface area contributed by atoms with Crippen LogP contribution in [0.2, 0.25) is 0 Å². The summed E-state index contributed by atoms with van der Waals surface area (Å²) >= 11 is 0. The fraction of sp³-hybridized carbons (Fsp3) is 0.438. The lowest BCUT2D eigenvalue weighted by atomic mass is 9.75. The normalized spacial score (nSPS) is 23.1. The molecule has 0 spiro atoms. The molecule has 3 rings (SSSR count). The lowest BCUT2D eigenvalue weighted by molar-refractivity contribution is 0.265. The van der Waals surface area contributed by atoms with Crippen LogP contribution in [0.25, 0.3) is 0 Å². The summed E-state index contributed by atoms with van der Waals surface area (Å²) in [4.78, 5) is 0. The molecule has 1 fully saturated rings. The zero-order chi connectivity index (χ0) is 13.9. The Kier molecular flexibility index (Phi) is 3.74. The van der Waals surface area contributed by atoms with Gasteiger partial charge in [-0.2, -0.15) is 5.10 Å². The zero-order valence-corrected chi connectivity index (χ0v) is 12.0. The smallest absolute Gasteiger partial charge is 0.122 e. The number of nitrogens with zero attached hydrogens (tertiary/aromatic N) is 1. The Hall–Kier alpha value is -1.81. The first-order valence-electron chi connectivity index (χ1n) is 7.15. The Morgan fingerprint density at radius 1 is 1.35 bits per heavy atom. The van der Waals surface area contributed by atoms with Crippen molar-refractivity contribution in [2.24, 2.45) is 0 Å². The lowest BCUT2D eigenvalue weighted by Gasteiger charge is -2.38. The van der Waals surface area contributed by atoms with Crippen LogP contribution in [0.4, 0.5) is 0 Å². The second kappa shape index (κ2) is 5.67. The standard InChI is InChI=1S/C16H21N3O/c1-11(13-9-17-18-10-13)19-14-7-12(8-14)15-5-3-4-6-16(15)20-2/h3-6,9-12,14,19H,7-8H2,1-2H3,(H,17,18). The molecular weight excluding hydrogens is 250 g/mol. The Morgan fingerprint density at radius 2 is 2.15 bits per heavy atom. The highest BCUT2D eigenvalue weighted by molar-refractivity contribution is 5.37. The van der Waals surface area contributed by atoms with Crippen molar-refractivity contribution < 1.29 is 4.74 Å². The van der Waals surface area contributed by atoms with E-state index in [0.717, 1.165) is 5.75 Å². The molecule has 0 saturated heterocycles. The second-order valence-corrected chi connectivity index (χ2v) is 5.53. The second-order valence-electron chi connectivity index (χ2n) is 5.53. The van der Waals surface area contributed by atoms with E-state index in [9.17, 15) is 0 Å². The van der Waals surface area contributed by atoms with Gasteiger partial charge in [0.15, 0.2) is 0 Å². The van der Waals surface area contributed by atoms with Gasteiger partial charge in [-0.25, -0.2) is 0 Å². The van der Waals surface area contributed by atoms with E-state index in [1.54, 1.807) is 7.11 Å². The SMILES string of the molecule is COc1ccccc1C1CC(NC(C)c2cn[nH]c2)C1. The van der Waals surface area contributed by atoms with Gasteiger partial charge >= 0.3 is 0 Å². The van der Waals surface area contributed by atoms with Gasteiger partial charge in [0.1, 0.15) is 5.75 Å². The number of ether oxygens (including phenoxy) is 1. The summed E-state index contributed by atoms with van der Waals surface area (Å²) in [7, 11) is 1.74. The monoisotopic (exact) mass is 271 g/mol. The van der Waals surface area contributed by atoms with Gasteiger partial charge in [0.2, 0.25) is 0 Å². The minimum Gasteiger partial charge on any atom is -0.496 e. The van der Waals surface area contributed by atoms with Crippen LogP contribution < -0.4 is 10.1 Å². The zero-order valence-electron chi connectivity index (χ0n) is 12.0. The molecule has 1 atom stereocenters. The van der Waals surface area contributed by atoms with Crippen LogP contribution >= 0.6 is 0 Å². The van der Waals surface area contributed by atoms with Gasteiger partial charge in [0.25, 0.3) is 0 Å². The minimum atomic E-state index is 0.345. The summed E-state index contributed by atoms with van der Waals surface area (Å²) in [5.74, 6) is 1.62. The van der Waals surface area contributed by atoms with Crippen molar-refractivity contribution in [3.63, 3.8) is 0 Å². The van der Waals surface area contributed by atoms with Crippen molar-refractivity contribution >= 4 is 0 Å². The van der Waals surface area contributed by atoms with Gasteiger partial charge < -0.3 is 10.1 Å². The number of aromatic nitrogens is 2. The maximum Gasteiger partial charge on any atom is 0.122 e. The molecule has 1 aromatic carbocycles. The highest BCUT2D eigenvalue weighted by Crippen LogP contribution is 2.41. The van der Waals surface area contributed by atoms with Crippen molar-refractivity contribution in [2.75, 3.05) is 7.11 Å². The highest BCUT2D eigenvalue weighted by atomic mass is 16.5. The predicted octanol–water partition coefficient (Wildman–Crippen LogP) is 3.02. The fourth-order valence-corrected chi connectivity index (χ4v) is 2.96. The molecule has 4 heteroatoms. The van der Waals surface area contributed by atoms with Crippen LogP contribution in [0, 0.1) is 0 Å². The van der Waals surface area contributed by atoms with Gasteiger partial charge in [0, 0.05) is 23.8 Å². The predicted molar refractivity (Wildman–Crippen MR) is 78.9 cm³/mol. The molecule has 0 radical (unpaired) electrons. The third-order valence-electron chi connectivity index (χ3n) is 4.22. The molecule has 0 aliphatic heterocycles. The van der Waals surface area contributed by atoms with Gasteiger partial charge in [0.05, 0.1) is 13.3 Å². The first-order valence-corrected chi connectivity index (χ1v) is 7.15. The Labute approximate surface area is 119 Å². The molecule has 106 valence electrons. The molecule has 1 heterocycles. The molecule has 20 heavy (non-hydrogen) atoms. The maximum absolute atomic E-state index is 5.44. The Bertz CT molecular complexity index is 547. The van der Waals surface area contributed by atoms with Gasteiger partial charge in [-0.3, -0.25) is 5.10 Å². The molecule has 2 aromatic rings. The molecule has 0 bridgehead atoms. The van der Waals surface area contributed by atoms with Gasteiger partial charge in [-0.15, -0.1) is 0 Å². The number of methoxy groups -OCH3 is 1. The summed E-state index contributed by atoms with van der Waals surface area (Å²) in [6, 6.07) is 9.26. The number of hydrogen-bond acceptors (Lipinski definition) is 3. The molecule has 4 nitrogen and oxygen atoms in total. The average Bonchev–Trinajstić information content (AvgIpc) is 2.96. The van der Waals surface area contributed by atoms with Crippen molar-refractivity contribution in [1.82, 2.24) is 15.5 Å². The van der Waals surface area contributed by atoms with Crippen molar-refractivity contribution in [2.45, 2.75) is 37.8 Å². The van der Waals surface area contributed by atoms with Gasteiger partial charge in [-0.1, -0.05) is 18.2 Å². The maximum atomic E-state index is 5.44. The van der Waals surface area contributed by atoms with Crippen LogP contribution in [0.15, 0.2) is 36.7 Å². The third-order valence-corrected chi connectivity index (χ3v) is 4.22. The lowest BCUT2D eigenvalue weighted by Crippen LogP contribution is -2.41. The average molecular weight is 271 g/mol.